The third-order valence-electron chi connectivity index (χ3n) is 5.11. The molecule has 2 heterocycles. The summed E-state index contributed by atoms with van der Waals surface area (Å²) in [6, 6.07) is 3.84. The lowest BCUT2D eigenvalue weighted by Gasteiger charge is -2.44. The molecule has 1 fully saturated rings. The molecule has 0 saturated carbocycles. The molecule has 0 aliphatic carbocycles. The highest BCUT2D eigenvalue weighted by Crippen LogP contribution is 2.41. The number of hydrogen-bond donors (Lipinski definition) is 0. The normalized spacial score (nSPS) is 19.4. The van der Waals surface area contributed by atoms with Crippen LogP contribution in [-0.2, 0) is 4.79 Å². The van der Waals surface area contributed by atoms with Gasteiger partial charge in [-0.2, -0.15) is 0 Å². The fourth-order valence-corrected chi connectivity index (χ4v) is 3.62. The Hall–Kier alpha value is -1.55. The van der Waals surface area contributed by atoms with Gasteiger partial charge in [0, 0.05) is 38.2 Å². The smallest absolute Gasteiger partial charge is 0.223 e. The molecule has 124 valence electrons. The lowest BCUT2D eigenvalue weighted by molar-refractivity contribution is -0.134. The molecule has 1 spiro atoms. The van der Waals surface area contributed by atoms with Gasteiger partial charge in [0.2, 0.25) is 5.91 Å². The maximum absolute atomic E-state index is 12.6. The quantitative estimate of drug-likeness (QED) is 0.779. The van der Waals surface area contributed by atoms with Gasteiger partial charge in [-0.3, -0.25) is 9.59 Å². The van der Waals surface area contributed by atoms with Crippen molar-refractivity contribution in [2.24, 2.45) is 0 Å². The number of benzene rings is 1. The van der Waals surface area contributed by atoms with E-state index < -0.39 is 5.60 Å². The van der Waals surface area contributed by atoms with Crippen LogP contribution in [0.3, 0.4) is 0 Å². The summed E-state index contributed by atoms with van der Waals surface area (Å²) in [6.45, 7) is 5.28. The second kappa shape index (κ2) is 6.16. The van der Waals surface area contributed by atoms with Crippen LogP contribution in [0.15, 0.2) is 12.1 Å². The molecule has 3 rings (SSSR count). The number of fused-ring (bicyclic) bond motifs is 1. The van der Waals surface area contributed by atoms with Crippen molar-refractivity contribution in [2.45, 2.75) is 45.1 Å². The second-order valence-corrected chi connectivity index (χ2v) is 6.97. The molecule has 1 amide bonds. The highest BCUT2D eigenvalue weighted by molar-refractivity contribution is 6.18. The molecule has 5 heteroatoms. The van der Waals surface area contributed by atoms with Crippen LogP contribution in [0.4, 0.5) is 0 Å². The molecule has 0 aromatic heterocycles. The Morgan fingerprint density at radius 2 is 2.00 bits per heavy atom. The Balaban J connectivity index is 1.80. The first-order valence-corrected chi connectivity index (χ1v) is 8.65. The molecule has 4 nitrogen and oxygen atoms in total. The second-order valence-electron chi connectivity index (χ2n) is 6.59. The monoisotopic (exact) mass is 335 g/mol. The SMILES string of the molecule is Cc1ccc2c(c1C)OC1(CCN(C(=O)CCCl)CC1)CC2=O. The predicted molar refractivity (Wildman–Crippen MR) is 89.4 cm³/mol. The third kappa shape index (κ3) is 2.97. The Morgan fingerprint density at radius 1 is 1.30 bits per heavy atom. The summed E-state index contributed by atoms with van der Waals surface area (Å²) in [6.07, 6.45) is 2.16. The maximum atomic E-state index is 12.6. The Kier molecular flexibility index (Phi) is 4.37. The summed E-state index contributed by atoms with van der Waals surface area (Å²) in [5, 5.41) is 0. The minimum atomic E-state index is -0.458. The molecule has 23 heavy (non-hydrogen) atoms. The zero-order chi connectivity index (χ0) is 16.6. The molecular formula is C18H22ClNO3. The zero-order valence-electron chi connectivity index (χ0n) is 13.7. The van der Waals surface area contributed by atoms with Crippen LogP contribution >= 0.6 is 11.6 Å². The Morgan fingerprint density at radius 3 is 2.65 bits per heavy atom. The number of ether oxygens (including phenoxy) is 1. The molecule has 2 aliphatic rings. The standard InChI is InChI=1S/C18H22ClNO3/c1-12-3-4-14-15(21)11-18(23-17(14)13(12)2)6-9-20(10-7-18)16(22)5-8-19/h3-4H,5-11H2,1-2H3. The summed E-state index contributed by atoms with van der Waals surface area (Å²) < 4.78 is 6.35. The molecule has 0 bridgehead atoms. The van der Waals surface area contributed by atoms with Gasteiger partial charge in [0.05, 0.1) is 12.0 Å². The number of likely N-dealkylation sites (tertiary alicyclic amines) is 1. The van der Waals surface area contributed by atoms with E-state index in [9.17, 15) is 9.59 Å². The number of ketones is 1. The number of Topliss-reactive ketones (excluding diaryl/α,β-unsaturated/α-hetero) is 1. The summed E-state index contributed by atoms with van der Waals surface area (Å²) in [5.74, 6) is 1.32. The average Bonchev–Trinajstić information content (AvgIpc) is 2.52. The van der Waals surface area contributed by atoms with E-state index in [2.05, 4.69) is 0 Å². The number of piperidine rings is 1. The maximum Gasteiger partial charge on any atom is 0.223 e. The number of hydrogen-bond acceptors (Lipinski definition) is 3. The van der Waals surface area contributed by atoms with Gasteiger partial charge in [0.25, 0.3) is 0 Å². The van der Waals surface area contributed by atoms with Crippen molar-refractivity contribution in [2.75, 3.05) is 19.0 Å². The summed E-state index contributed by atoms with van der Waals surface area (Å²) in [5.41, 5.74) is 2.40. The fraction of sp³-hybridized carbons (Fsp3) is 0.556. The van der Waals surface area contributed by atoms with Crippen LogP contribution in [-0.4, -0.2) is 41.2 Å². The van der Waals surface area contributed by atoms with Gasteiger partial charge in [-0.15, -0.1) is 11.6 Å². The van der Waals surface area contributed by atoms with Crippen molar-refractivity contribution >= 4 is 23.3 Å². The van der Waals surface area contributed by atoms with Crippen molar-refractivity contribution in [3.8, 4) is 5.75 Å². The summed E-state index contributed by atoms with van der Waals surface area (Å²) in [4.78, 5) is 26.4. The van der Waals surface area contributed by atoms with Gasteiger partial charge in [0.15, 0.2) is 5.78 Å². The van der Waals surface area contributed by atoms with Crippen molar-refractivity contribution in [3.05, 3.63) is 28.8 Å². The van der Waals surface area contributed by atoms with Gasteiger partial charge >= 0.3 is 0 Å². The average molecular weight is 336 g/mol. The molecule has 0 unspecified atom stereocenters. The number of aryl methyl sites for hydroxylation is 1. The van der Waals surface area contributed by atoms with E-state index in [1.165, 1.54) is 0 Å². The van der Waals surface area contributed by atoms with Crippen molar-refractivity contribution in [3.63, 3.8) is 0 Å². The van der Waals surface area contributed by atoms with Crippen LogP contribution in [0, 0.1) is 13.8 Å². The first-order chi connectivity index (χ1) is 11.0. The van der Waals surface area contributed by atoms with Gasteiger partial charge in [-0.25, -0.2) is 0 Å². The van der Waals surface area contributed by atoms with E-state index in [0.29, 0.717) is 50.2 Å². The third-order valence-corrected chi connectivity index (χ3v) is 5.30. The Labute approximate surface area is 141 Å². The molecule has 0 radical (unpaired) electrons. The fourth-order valence-electron chi connectivity index (χ4n) is 3.46. The topological polar surface area (TPSA) is 46.6 Å². The highest BCUT2D eigenvalue weighted by Gasteiger charge is 2.44. The number of carbonyl (C=O) groups excluding carboxylic acids is 2. The number of rotatable bonds is 2. The van der Waals surface area contributed by atoms with Crippen LogP contribution in [0.2, 0.25) is 0 Å². The van der Waals surface area contributed by atoms with E-state index in [-0.39, 0.29) is 11.7 Å². The van der Waals surface area contributed by atoms with E-state index in [0.717, 1.165) is 16.9 Å². The summed E-state index contributed by atoms with van der Waals surface area (Å²) in [7, 11) is 0. The van der Waals surface area contributed by atoms with Crippen LogP contribution in [0.5, 0.6) is 5.75 Å². The van der Waals surface area contributed by atoms with Gasteiger partial charge < -0.3 is 9.64 Å². The van der Waals surface area contributed by atoms with Gasteiger partial charge in [0.1, 0.15) is 11.4 Å². The minimum absolute atomic E-state index is 0.0874. The minimum Gasteiger partial charge on any atom is -0.486 e. The molecular weight excluding hydrogens is 314 g/mol. The zero-order valence-corrected chi connectivity index (χ0v) is 14.4. The molecule has 2 aliphatic heterocycles. The lowest BCUT2D eigenvalue weighted by Crippen LogP contribution is -2.52. The lowest BCUT2D eigenvalue weighted by atomic mass is 9.81. The van der Waals surface area contributed by atoms with Crippen molar-refractivity contribution in [1.82, 2.24) is 4.90 Å². The molecule has 1 aromatic carbocycles. The van der Waals surface area contributed by atoms with Crippen molar-refractivity contribution in [1.29, 1.82) is 0 Å². The van der Waals surface area contributed by atoms with Crippen molar-refractivity contribution < 1.29 is 14.3 Å². The van der Waals surface area contributed by atoms with Crippen LogP contribution in [0.1, 0.15) is 47.2 Å². The molecule has 1 saturated heterocycles. The van der Waals surface area contributed by atoms with E-state index in [4.69, 9.17) is 16.3 Å². The Bertz CT molecular complexity index is 648. The molecule has 0 atom stereocenters. The summed E-state index contributed by atoms with van der Waals surface area (Å²) >= 11 is 5.65. The van der Waals surface area contributed by atoms with Crippen LogP contribution < -0.4 is 4.74 Å². The van der Waals surface area contributed by atoms with Gasteiger partial charge in [-0.05, 0) is 31.0 Å². The number of amides is 1. The first kappa shape index (κ1) is 16.3. The number of nitrogens with zero attached hydrogens (tertiary/aromatic N) is 1. The van der Waals surface area contributed by atoms with Gasteiger partial charge in [-0.1, -0.05) is 6.07 Å². The van der Waals surface area contributed by atoms with E-state index >= 15 is 0 Å². The number of alkyl halides is 1. The number of halogens is 1. The number of carbonyl (C=O) groups is 2. The largest absolute Gasteiger partial charge is 0.486 e. The van der Waals surface area contributed by atoms with E-state index in [1.54, 1.807) is 0 Å². The first-order valence-electron chi connectivity index (χ1n) is 8.12. The highest BCUT2D eigenvalue weighted by atomic mass is 35.5. The van der Waals surface area contributed by atoms with E-state index in [1.807, 2.05) is 30.9 Å². The predicted octanol–water partition coefficient (Wildman–Crippen LogP) is 3.26. The van der Waals surface area contributed by atoms with Crippen LogP contribution in [0.25, 0.3) is 0 Å². The molecule has 0 N–H and O–H groups in total. The molecule has 1 aromatic rings.